The Hall–Kier alpha value is -2.19. The van der Waals surface area contributed by atoms with Gasteiger partial charge in [-0.1, -0.05) is 6.08 Å². The van der Waals surface area contributed by atoms with E-state index in [9.17, 15) is 18.0 Å². The van der Waals surface area contributed by atoms with Gasteiger partial charge < -0.3 is 10.4 Å². The number of carboxylic acid groups (broad SMARTS) is 1. The topological polar surface area (TPSA) is 104 Å². The van der Waals surface area contributed by atoms with Gasteiger partial charge in [0.05, 0.1) is 11.3 Å². The molecule has 1 heterocycles. The van der Waals surface area contributed by atoms with Crippen molar-refractivity contribution >= 4 is 27.6 Å². The smallest absolute Gasteiger partial charge is 0.318 e. The van der Waals surface area contributed by atoms with Crippen molar-refractivity contribution in [1.82, 2.24) is 4.31 Å². The highest BCUT2D eigenvalue weighted by Gasteiger charge is 2.27. The number of hydrogen-bond donors (Lipinski definition) is 2. The highest BCUT2D eigenvalue weighted by Crippen LogP contribution is 2.27. The van der Waals surface area contributed by atoms with E-state index in [4.69, 9.17) is 5.11 Å². The van der Waals surface area contributed by atoms with Crippen LogP contribution in [0.15, 0.2) is 35.7 Å². The van der Waals surface area contributed by atoms with E-state index in [2.05, 4.69) is 11.9 Å². The third-order valence-electron chi connectivity index (χ3n) is 2.98. The zero-order valence-electron chi connectivity index (χ0n) is 11.1. The van der Waals surface area contributed by atoms with Crippen LogP contribution in [0.25, 0.3) is 0 Å². The number of anilines is 1. The minimum Gasteiger partial charge on any atom is -0.480 e. The van der Waals surface area contributed by atoms with Gasteiger partial charge in [0.15, 0.2) is 0 Å². The molecule has 0 saturated heterocycles. The van der Waals surface area contributed by atoms with Gasteiger partial charge in [0.1, 0.15) is 6.54 Å². The molecule has 1 aliphatic heterocycles. The molecule has 0 radical (unpaired) electrons. The number of nitrogens with zero attached hydrogens (tertiary/aromatic N) is 1. The van der Waals surface area contributed by atoms with Crippen LogP contribution in [-0.4, -0.2) is 42.8 Å². The second-order valence-corrected chi connectivity index (χ2v) is 6.46. The molecule has 2 N–H and O–H groups in total. The van der Waals surface area contributed by atoms with E-state index in [1.54, 1.807) is 0 Å². The fourth-order valence-electron chi connectivity index (χ4n) is 2.06. The molecule has 0 bridgehead atoms. The molecular formula is C13H14N2O5S. The maximum absolute atomic E-state index is 12.4. The Morgan fingerprint density at radius 2 is 2.19 bits per heavy atom. The molecule has 0 spiro atoms. The molecule has 1 amide bonds. The third-order valence-corrected chi connectivity index (χ3v) is 4.79. The van der Waals surface area contributed by atoms with Crippen LogP contribution in [0, 0.1) is 0 Å². The first-order chi connectivity index (χ1) is 9.84. The van der Waals surface area contributed by atoms with Crippen molar-refractivity contribution in [2.75, 3.05) is 18.4 Å². The van der Waals surface area contributed by atoms with E-state index >= 15 is 0 Å². The number of amides is 1. The van der Waals surface area contributed by atoms with E-state index in [1.807, 2.05) is 0 Å². The Balaban J connectivity index is 2.38. The number of carboxylic acids is 1. The van der Waals surface area contributed by atoms with Gasteiger partial charge in [-0.3, -0.25) is 9.59 Å². The van der Waals surface area contributed by atoms with Crippen LogP contribution in [0.2, 0.25) is 0 Å². The summed E-state index contributed by atoms with van der Waals surface area (Å²) in [6, 6.07) is 4.23. The average molecular weight is 310 g/mol. The van der Waals surface area contributed by atoms with Gasteiger partial charge in [-0.2, -0.15) is 4.31 Å². The largest absolute Gasteiger partial charge is 0.480 e. The summed E-state index contributed by atoms with van der Waals surface area (Å²) in [5, 5.41) is 11.4. The van der Waals surface area contributed by atoms with Crippen molar-refractivity contribution in [3.8, 4) is 0 Å². The van der Waals surface area contributed by atoms with Crippen LogP contribution in [0.1, 0.15) is 5.56 Å². The Labute approximate surface area is 121 Å². The fourth-order valence-corrected chi connectivity index (χ4v) is 3.47. The molecule has 0 aromatic heterocycles. The van der Waals surface area contributed by atoms with E-state index in [0.717, 1.165) is 4.31 Å². The lowest BCUT2D eigenvalue weighted by molar-refractivity contribution is -0.137. The van der Waals surface area contributed by atoms with Crippen LogP contribution >= 0.6 is 0 Å². The quantitative estimate of drug-likeness (QED) is 0.742. The summed E-state index contributed by atoms with van der Waals surface area (Å²) >= 11 is 0. The highest BCUT2D eigenvalue weighted by atomic mass is 32.2. The molecule has 1 aliphatic rings. The lowest BCUT2D eigenvalue weighted by Gasteiger charge is -2.19. The first kappa shape index (κ1) is 15.2. The van der Waals surface area contributed by atoms with Gasteiger partial charge in [0.25, 0.3) is 0 Å². The standard InChI is InChI=1S/C13H14N2O5S/c1-2-5-15(8-13(17)18)21(19,20)10-3-4-11-9(6-10)7-12(16)14-11/h2-4,6H,1,5,7-8H2,(H,14,16)(H,17,18). The Morgan fingerprint density at radius 1 is 1.48 bits per heavy atom. The molecule has 0 saturated carbocycles. The number of benzene rings is 1. The van der Waals surface area contributed by atoms with Crippen LogP contribution in [0.5, 0.6) is 0 Å². The molecule has 0 fully saturated rings. The van der Waals surface area contributed by atoms with Crippen molar-refractivity contribution in [1.29, 1.82) is 0 Å². The second kappa shape index (κ2) is 5.66. The number of sulfonamides is 1. The van der Waals surface area contributed by atoms with Crippen LogP contribution in [-0.2, 0) is 26.0 Å². The monoisotopic (exact) mass is 310 g/mol. The third kappa shape index (κ3) is 3.11. The SMILES string of the molecule is C=CCN(CC(=O)O)S(=O)(=O)c1ccc2c(c1)CC(=O)N2. The van der Waals surface area contributed by atoms with Gasteiger partial charge in [0, 0.05) is 12.2 Å². The molecular weight excluding hydrogens is 296 g/mol. The summed E-state index contributed by atoms with van der Waals surface area (Å²) in [4.78, 5) is 22.0. The number of aliphatic carboxylic acids is 1. The normalized spacial score (nSPS) is 13.9. The lowest BCUT2D eigenvalue weighted by Crippen LogP contribution is -2.35. The molecule has 0 unspecified atom stereocenters. The van der Waals surface area contributed by atoms with Gasteiger partial charge in [0.2, 0.25) is 15.9 Å². The number of carbonyl (C=O) groups is 2. The molecule has 8 heteroatoms. The van der Waals surface area contributed by atoms with Crippen molar-refractivity contribution in [2.45, 2.75) is 11.3 Å². The Kier molecular flexibility index (Phi) is 4.10. The summed E-state index contributed by atoms with van der Waals surface area (Å²) in [6.07, 6.45) is 1.43. The van der Waals surface area contributed by atoms with Crippen LogP contribution in [0.4, 0.5) is 5.69 Å². The van der Waals surface area contributed by atoms with Crippen molar-refractivity contribution in [3.63, 3.8) is 0 Å². The second-order valence-electron chi connectivity index (χ2n) is 4.52. The summed E-state index contributed by atoms with van der Waals surface area (Å²) in [5.74, 6) is -1.45. The van der Waals surface area contributed by atoms with Crippen molar-refractivity contribution < 1.29 is 23.1 Å². The maximum atomic E-state index is 12.4. The minimum atomic E-state index is -3.96. The fraction of sp³-hybridized carbons (Fsp3) is 0.231. The molecule has 2 rings (SSSR count). The molecule has 1 aromatic rings. The van der Waals surface area contributed by atoms with Gasteiger partial charge in [-0.15, -0.1) is 6.58 Å². The molecule has 1 aromatic carbocycles. The lowest BCUT2D eigenvalue weighted by atomic mass is 10.2. The number of nitrogens with one attached hydrogen (secondary N) is 1. The van der Waals surface area contributed by atoms with E-state index < -0.39 is 22.5 Å². The number of rotatable bonds is 6. The zero-order valence-corrected chi connectivity index (χ0v) is 11.9. The molecule has 0 aliphatic carbocycles. The first-order valence-electron chi connectivity index (χ1n) is 6.10. The van der Waals surface area contributed by atoms with Gasteiger partial charge in [-0.05, 0) is 23.8 Å². The van der Waals surface area contributed by atoms with E-state index in [0.29, 0.717) is 11.3 Å². The zero-order chi connectivity index (χ0) is 15.6. The summed E-state index contributed by atoms with van der Waals surface area (Å²) in [6.45, 7) is 2.67. The van der Waals surface area contributed by atoms with E-state index in [-0.39, 0.29) is 23.8 Å². The molecule has 112 valence electrons. The molecule has 0 atom stereocenters. The van der Waals surface area contributed by atoms with E-state index in [1.165, 1.54) is 24.3 Å². The number of hydrogen-bond acceptors (Lipinski definition) is 4. The molecule has 7 nitrogen and oxygen atoms in total. The maximum Gasteiger partial charge on any atom is 0.318 e. The predicted octanol–water partition coefficient (Wildman–Crippen LogP) is 0.442. The van der Waals surface area contributed by atoms with Crippen LogP contribution in [0.3, 0.4) is 0 Å². The first-order valence-corrected chi connectivity index (χ1v) is 7.54. The minimum absolute atomic E-state index is 0.0409. The van der Waals surface area contributed by atoms with Crippen molar-refractivity contribution in [2.24, 2.45) is 0 Å². The summed E-state index contributed by atoms with van der Waals surface area (Å²) < 4.78 is 25.7. The highest BCUT2D eigenvalue weighted by molar-refractivity contribution is 7.89. The summed E-state index contributed by atoms with van der Waals surface area (Å²) in [7, 11) is -3.96. The number of fused-ring (bicyclic) bond motifs is 1. The van der Waals surface area contributed by atoms with Crippen molar-refractivity contribution in [3.05, 3.63) is 36.4 Å². The van der Waals surface area contributed by atoms with Gasteiger partial charge >= 0.3 is 5.97 Å². The average Bonchev–Trinajstić information content (AvgIpc) is 2.76. The summed E-state index contributed by atoms with van der Waals surface area (Å²) in [5.41, 5.74) is 1.16. The van der Waals surface area contributed by atoms with Gasteiger partial charge in [-0.25, -0.2) is 8.42 Å². The Bertz CT molecular complexity index is 711. The number of carbonyl (C=O) groups excluding carboxylic acids is 1. The predicted molar refractivity (Wildman–Crippen MR) is 75.4 cm³/mol. The Morgan fingerprint density at radius 3 is 2.81 bits per heavy atom. The van der Waals surface area contributed by atoms with Crippen LogP contribution < -0.4 is 5.32 Å². The molecule has 21 heavy (non-hydrogen) atoms.